The minimum Gasteiger partial charge on any atom is -0.339 e. The first kappa shape index (κ1) is 21.0. The molecule has 0 fully saturated rings. The standard InChI is InChI=1S/C20H16ClFN6O2S/c21-13-3-7-15(8-4-13)23-17(29)9-10-18-24-16(28-30-18)11-31-20-25-19(26-27-20)12-1-5-14(22)6-2-12/h1-8H,9-11H2,(H,23,29)(H,25,26,27). The fourth-order valence-corrected chi connectivity index (χ4v) is 3.37. The molecule has 2 N–H and O–H groups in total. The van der Waals surface area contributed by atoms with E-state index < -0.39 is 0 Å². The van der Waals surface area contributed by atoms with Gasteiger partial charge in [-0.2, -0.15) is 4.98 Å². The summed E-state index contributed by atoms with van der Waals surface area (Å²) in [6.07, 6.45) is 0.534. The van der Waals surface area contributed by atoms with Crippen molar-refractivity contribution in [3.05, 3.63) is 71.1 Å². The SMILES string of the molecule is O=C(CCc1nc(CSc2n[nH]c(-c3ccc(F)cc3)n2)no1)Nc1ccc(Cl)cc1. The third kappa shape index (κ3) is 5.89. The Balaban J connectivity index is 1.25. The van der Waals surface area contributed by atoms with Crippen LogP contribution in [0.25, 0.3) is 11.4 Å². The topological polar surface area (TPSA) is 110 Å². The summed E-state index contributed by atoms with van der Waals surface area (Å²) < 4.78 is 18.2. The predicted octanol–water partition coefficient (Wildman–Crippen LogP) is 4.51. The molecule has 2 aromatic carbocycles. The number of aromatic nitrogens is 5. The lowest BCUT2D eigenvalue weighted by Crippen LogP contribution is -2.12. The Morgan fingerprint density at radius 1 is 1.13 bits per heavy atom. The lowest BCUT2D eigenvalue weighted by Gasteiger charge is -2.03. The molecule has 0 saturated heterocycles. The number of hydrogen-bond acceptors (Lipinski definition) is 7. The van der Waals surface area contributed by atoms with E-state index in [1.165, 1.54) is 23.9 Å². The van der Waals surface area contributed by atoms with Crippen LogP contribution in [0.4, 0.5) is 10.1 Å². The molecule has 4 aromatic rings. The van der Waals surface area contributed by atoms with Crippen molar-refractivity contribution in [1.29, 1.82) is 0 Å². The van der Waals surface area contributed by atoms with Crippen LogP contribution in [0.15, 0.2) is 58.2 Å². The number of amides is 1. The lowest BCUT2D eigenvalue weighted by atomic mass is 10.2. The smallest absolute Gasteiger partial charge is 0.227 e. The summed E-state index contributed by atoms with van der Waals surface area (Å²) in [6.45, 7) is 0. The van der Waals surface area contributed by atoms with Crippen LogP contribution in [0.1, 0.15) is 18.1 Å². The number of rotatable bonds is 8. The number of carbonyl (C=O) groups is 1. The van der Waals surface area contributed by atoms with Gasteiger partial charge < -0.3 is 9.84 Å². The number of aryl methyl sites for hydroxylation is 1. The highest BCUT2D eigenvalue weighted by atomic mass is 35.5. The highest BCUT2D eigenvalue weighted by Crippen LogP contribution is 2.22. The molecule has 0 spiro atoms. The number of H-pyrrole nitrogens is 1. The van der Waals surface area contributed by atoms with Crippen LogP contribution >= 0.6 is 23.4 Å². The van der Waals surface area contributed by atoms with Gasteiger partial charge in [-0.3, -0.25) is 9.89 Å². The first-order valence-corrected chi connectivity index (χ1v) is 10.6. The molecule has 8 nitrogen and oxygen atoms in total. The zero-order chi connectivity index (χ0) is 21.6. The van der Waals surface area contributed by atoms with Gasteiger partial charge in [-0.15, -0.1) is 5.10 Å². The van der Waals surface area contributed by atoms with Crippen molar-refractivity contribution in [2.24, 2.45) is 0 Å². The number of aromatic amines is 1. The Kier molecular flexibility index (Phi) is 6.58. The first-order chi connectivity index (χ1) is 15.0. The molecule has 0 saturated carbocycles. The minimum absolute atomic E-state index is 0.162. The second-order valence-electron chi connectivity index (χ2n) is 6.42. The number of anilines is 1. The summed E-state index contributed by atoms with van der Waals surface area (Å²) >= 11 is 7.16. The van der Waals surface area contributed by atoms with Crippen molar-refractivity contribution in [2.45, 2.75) is 23.8 Å². The fourth-order valence-electron chi connectivity index (χ4n) is 2.60. The quantitative estimate of drug-likeness (QED) is 0.374. The molecular weight excluding hydrogens is 443 g/mol. The van der Waals surface area contributed by atoms with Crippen LogP contribution in [-0.4, -0.2) is 31.2 Å². The minimum atomic E-state index is -0.312. The van der Waals surface area contributed by atoms with Crippen molar-refractivity contribution in [3.8, 4) is 11.4 Å². The van der Waals surface area contributed by atoms with Crippen molar-refractivity contribution in [1.82, 2.24) is 25.3 Å². The van der Waals surface area contributed by atoms with Crippen LogP contribution < -0.4 is 5.32 Å². The van der Waals surface area contributed by atoms with Gasteiger partial charge in [0, 0.05) is 29.1 Å². The van der Waals surface area contributed by atoms with Crippen molar-refractivity contribution < 1.29 is 13.7 Å². The summed E-state index contributed by atoms with van der Waals surface area (Å²) in [7, 11) is 0. The summed E-state index contributed by atoms with van der Waals surface area (Å²) in [5.41, 5.74) is 1.41. The Morgan fingerprint density at radius 2 is 1.90 bits per heavy atom. The van der Waals surface area contributed by atoms with E-state index in [9.17, 15) is 9.18 Å². The molecule has 2 aromatic heterocycles. The molecule has 2 heterocycles. The Bertz CT molecular complexity index is 1160. The molecular formula is C20H16ClFN6O2S. The molecule has 0 atom stereocenters. The molecule has 1 amide bonds. The molecule has 31 heavy (non-hydrogen) atoms. The Labute approximate surface area is 185 Å². The number of hydrogen-bond donors (Lipinski definition) is 2. The maximum Gasteiger partial charge on any atom is 0.227 e. The van der Waals surface area contributed by atoms with Crippen LogP contribution in [0, 0.1) is 5.82 Å². The largest absolute Gasteiger partial charge is 0.339 e. The van der Waals surface area contributed by atoms with E-state index >= 15 is 0 Å². The van der Waals surface area contributed by atoms with Gasteiger partial charge in [0.05, 0.1) is 5.75 Å². The van der Waals surface area contributed by atoms with Gasteiger partial charge in [0.2, 0.25) is 17.0 Å². The van der Waals surface area contributed by atoms with Gasteiger partial charge in [0.15, 0.2) is 11.6 Å². The van der Waals surface area contributed by atoms with Gasteiger partial charge in [0.1, 0.15) is 5.82 Å². The average Bonchev–Trinajstić information content (AvgIpc) is 3.42. The van der Waals surface area contributed by atoms with Crippen molar-refractivity contribution in [3.63, 3.8) is 0 Å². The van der Waals surface area contributed by atoms with Crippen molar-refractivity contribution >= 4 is 35.0 Å². The van der Waals surface area contributed by atoms with E-state index in [1.807, 2.05) is 0 Å². The van der Waals surface area contributed by atoms with Gasteiger partial charge in [0.25, 0.3) is 0 Å². The highest BCUT2D eigenvalue weighted by molar-refractivity contribution is 7.98. The molecule has 0 aliphatic heterocycles. The molecule has 0 aliphatic rings. The number of carbonyl (C=O) groups excluding carboxylic acids is 1. The maximum atomic E-state index is 13.0. The van der Waals surface area contributed by atoms with E-state index in [0.29, 0.717) is 45.6 Å². The van der Waals surface area contributed by atoms with E-state index in [-0.39, 0.29) is 18.1 Å². The molecule has 11 heteroatoms. The average molecular weight is 459 g/mol. The normalized spacial score (nSPS) is 10.9. The predicted molar refractivity (Wildman–Crippen MR) is 114 cm³/mol. The number of nitrogens with zero attached hydrogens (tertiary/aromatic N) is 4. The number of nitrogens with one attached hydrogen (secondary N) is 2. The van der Waals surface area contributed by atoms with Gasteiger partial charge in [-0.25, -0.2) is 9.37 Å². The molecule has 158 valence electrons. The van der Waals surface area contributed by atoms with E-state index in [0.717, 1.165) is 5.56 Å². The van der Waals surface area contributed by atoms with E-state index in [4.69, 9.17) is 16.1 Å². The molecule has 0 unspecified atom stereocenters. The summed E-state index contributed by atoms with van der Waals surface area (Å²) in [6, 6.07) is 12.8. The van der Waals surface area contributed by atoms with Gasteiger partial charge in [-0.05, 0) is 48.5 Å². The van der Waals surface area contributed by atoms with Crippen molar-refractivity contribution in [2.75, 3.05) is 5.32 Å². The van der Waals surface area contributed by atoms with Crippen LogP contribution in [0.2, 0.25) is 5.02 Å². The molecule has 4 rings (SSSR count). The molecule has 0 aliphatic carbocycles. The number of halogens is 2. The zero-order valence-corrected chi connectivity index (χ0v) is 17.6. The highest BCUT2D eigenvalue weighted by Gasteiger charge is 2.12. The first-order valence-electron chi connectivity index (χ1n) is 9.23. The summed E-state index contributed by atoms with van der Waals surface area (Å²) in [4.78, 5) is 20.7. The summed E-state index contributed by atoms with van der Waals surface area (Å²) in [5, 5.41) is 14.8. The fraction of sp³-hybridized carbons (Fsp3) is 0.150. The summed E-state index contributed by atoms with van der Waals surface area (Å²) in [5.74, 6) is 1.33. The monoisotopic (exact) mass is 458 g/mol. The lowest BCUT2D eigenvalue weighted by molar-refractivity contribution is -0.116. The van der Waals surface area contributed by atoms with Gasteiger partial charge in [-0.1, -0.05) is 28.5 Å². The maximum absolute atomic E-state index is 13.0. The third-order valence-electron chi connectivity index (χ3n) is 4.12. The number of benzene rings is 2. The molecule has 0 bridgehead atoms. The van der Waals surface area contributed by atoms with Crippen LogP contribution in [0.5, 0.6) is 0 Å². The molecule has 0 radical (unpaired) electrons. The van der Waals surface area contributed by atoms with Crippen LogP contribution in [-0.2, 0) is 17.0 Å². The van der Waals surface area contributed by atoms with Gasteiger partial charge >= 0.3 is 0 Å². The second kappa shape index (κ2) is 9.71. The number of thioether (sulfide) groups is 1. The zero-order valence-electron chi connectivity index (χ0n) is 16.0. The Hall–Kier alpha value is -3.24. The second-order valence-corrected chi connectivity index (χ2v) is 7.80. The van der Waals surface area contributed by atoms with E-state index in [2.05, 4.69) is 30.6 Å². The van der Waals surface area contributed by atoms with E-state index in [1.54, 1.807) is 36.4 Å². The Morgan fingerprint density at radius 3 is 2.68 bits per heavy atom. The van der Waals surface area contributed by atoms with Crippen LogP contribution in [0.3, 0.4) is 0 Å². The third-order valence-corrected chi connectivity index (χ3v) is 5.21.